The average Bonchev–Trinajstić information content (AvgIpc) is 2.87. The first kappa shape index (κ1) is 26.2. The number of esters is 1. The van der Waals surface area contributed by atoms with Gasteiger partial charge in [-0.1, -0.05) is 119 Å². The Morgan fingerprint density at radius 2 is 1.26 bits per heavy atom. The average molecular weight is 584 g/mol. The van der Waals surface area contributed by atoms with Crippen LogP contribution in [-0.2, 0) is 14.3 Å². The van der Waals surface area contributed by atoms with Crippen LogP contribution in [0.4, 0.5) is 0 Å². The van der Waals surface area contributed by atoms with Crippen molar-refractivity contribution in [3.05, 3.63) is 103 Å². The molecule has 0 heterocycles. The van der Waals surface area contributed by atoms with E-state index in [2.05, 4.69) is 22.6 Å². The van der Waals surface area contributed by atoms with Gasteiger partial charge in [-0.3, -0.25) is 4.79 Å². The highest BCUT2D eigenvalue weighted by molar-refractivity contribution is 14.1. The first-order valence-electron chi connectivity index (χ1n) is 11.4. The fourth-order valence-corrected chi connectivity index (χ4v) is 8.74. The minimum atomic E-state index is -2.84. The molecule has 5 heteroatoms. The van der Waals surface area contributed by atoms with E-state index in [1.807, 2.05) is 97.9 Å². The molecule has 0 aromatic heterocycles. The number of allylic oxidation sites excluding steroid dienone is 2. The van der Waals surface area contributed by atoms with Crippen LogP contribution in [0.5, 0.6) is 0 Å². The first-order chi connectivity index (χ1) is 16.6. The topological polar surface area (TPSA) is 43.4 Å². The van der Waals surface area contributed by atoms with Crippen LogP contribution in [-0.4, -0.2) is 28.1 Å². The van der Waals surface area contributed by atoms with Gasteiger partial charge < -0.3 is 4.74 Å². The Morgan fingerprint density at radius 3 is 1.65 bits per heavy atom. The zero-order chi connectivity index (χ0) is 24.4. The maximum absolute atomic E-state index is 14.0. The largest absolute Gasteiger partial charge is 0.462 e. The van der Waals surface area contributed by atoms with E-state index in [9.17, 15) is 9.59 Å². The molecule has 0 saturated heterocycles. The molecular formula is C29H30IO3P. The summed E-state index contributed by atoms with van der Waals surface area (Å²) in [7, 11) is 0. The third-order valence-electron chi connectivity index (χ3n) is 5.55. The van der Waals surface area contributed by atoms with Gasteiger partial charge in [-0.05, 0) is 60.0 Å². The van der Waals surface area contributed by atoms with Crippen LogP contribution in [0.1, 0.15) is 26.7 Å². The van der Waals surface area contributed by atoms with Gasteiger partial charge in [-0.2, -0.15) is 0 Å². The number of carbonyl (C=O) groups is 2. The summed E-state index contributed by atoms with van der Waals surface area (Å²) in [5, 5.41) is 3.05. The zero-order valence-corrected chi connectivity index (χ0v) is 22.7. The van der Waals surface area contributed by atoms with Crippen molar-refractivity contribution in [2.24, 2.45) is 0 Å². The molecule has 0 aliphatic heterocycles. The molecule has 0 amide bonds. The molecule has 0 atom stereocenters. The molecule has 0 spiro atoms. The van der Waals surface area contributed by atoms with Crippen LogP contribution < -0.4 is 15.9 Å². The molecule has 0 unspecified atom stereocenters. The summed E-state index contributed by atoms with van der Waals surface area (Å²) in [6.45, 7) is 1.09. The number of hydrogen-bond donors (Lipinski definition) is 0. The smallest absolute Gasteiger partial charge is 0.343 e. The lowest BCUT2D eigenvalue weighted by Gasteiger charge is -2.31. The summed E-state index contributed by atoms with van der Waals surface area (Å²) in [6.07, 6.45) is 3.45. The summed E-state index contributed by atoms with van der Waals surface area (Å²) in [5.41, 5.74) is 0.968. The molecule has 3 nitrogen and oxygen atoms in total. The predicted octanol–water partition coefficient (Wildman–Crippen LogP) is 5.45. The Balaban J connectivity index is 2.53. The number of ether oxygens (including phenoxy) is 1. The molecule has 0 saturated carbocycles. The van der Waals surface area contributed by atoms with E-state index in [0.29, 0.717) is 0 Å². The lowest BCUT2D eigenvalue weighted by atomic mass is 10.1. The van der Waals surface area contributed by atoms with Crippen molar-refractivity contribution in [1.82, 2.24) is 0 Å². The van der Waals surface area contributed by atoms with E-state index in [-0.39, 0.29) is 17.7 Å². The van der Waals surface area contributed by atoms with Crippen molar-refractivity contribution >= 4 is 62.4 Å². The molecule has 0 aliphatic rings. The third kappa shape index (κ3) is 5.79. The quantitative estimate of drug-likeness (QED) is 0.0796. The van der Waals surface area contributed by atoms with Gasteiger partial charge in [0.15, 0.2) is 5.78 Å². The maximum atomic E-state index is 14.0. The molecule has 0 bridgehead atoms. The Kier molecular flexibility index (Phi) is 9.91. The summed E-state index contributed by atoms with van der Waals surface area (Å²) in [5.74, 6) is -0.815. The molecule has 0 radical (unpaired) electrons. The predicted molar refractivity (Wildman–Crippen MR) is 154 cm³/mol. The van der Waals surface area contributed by atoms with E-state index in [0.717, 1.165) is 38.8 Å². The van der Waals surface area contributed by atoms with Gasteiger partial charge in [0.25, 0.3) is 0 Å². The second kappa shape index (κ2) is 12.9. The molecule has 0 fully saturated rings. The monoisotopic (exact) mass is 584 g/mol. The minimum Gasteiger partial charge on any atom is -0.462 e. The summed E-state index contributed by atoms with van der Waals surface area (Å²) in [6, 6.07) is 29.8. The van der Waals surface area contributed by atoms with Crippen molar-refractivity contribution in [1.29, 1.82) is 0 Å². The maximum Gasteiger partial charge on any atom is 0.343 e. The minimum absolute atomic E-state index is 0.200. The van der Waals surface area contributed by atoms with Crippen molar-refractivity contribution in [2.75, 3.05) is 11.0 Å². The molecule has 3 aromatic carbocycles. The second-order valence-electron chi connectivity index (χ2n) is 7.89. The van der Waals surface area contributed by atoms with Crippen LogP contribution in [0.2, 0.25) is 0 Å². The van der Waals surface area contributed by atoms with E-state index < -0.39 is 12.9 Å². The van der Waals surface area contributed by atoms with Gasteiger partial charge in [0.1, 0.15) is 5.29 Å². The van der Waals surface area contributed by atoms with Crippen LogP contribution >= 0.6 is 29.5 Å². The lowest BCUT2D eigenvalue weighted by molar-refractivity contribution is -0.135. The third-order valence-corrected chi connectivity index (χ3v) is 10.6. The summed E-state index contributed by atoms with van der Waals surface area (Å²) in [4.78, 5) is 27.7. The normalized spacial score (nSPS) is 11.7. The number of rotatable bonds is 10. The van der Waals surface area contributed by atoms with Gasteiger partial charge in [0.2, 0.25) is 0 Å². The Labute approximate surface area is 216 Å². The van der Waals surface area contributed by atoms with E-state index >= 15 is 0 Å². The Morgan fingerprint density at radius 1 is 0.824 bits per heavy atom. The first-order valence-corrected chi connectivity index (χ1v) is 14.7. The van der Waals surface area contributed by atoms with Crippen LogP contribution in [0.15, 0.2) is 103 Å². The number of halogens is 1. The second-order valence-corrected chi connectivity index (χ2v) is 12.3. The standard InChI is InChI=1S/C29H30IO3P/c1-3-33-29(32)28(27(31)22-23(2)14-13-21-30)34(24-15-7-4-8-16-24,25-17-9-5-10-18-25)26-19-11-6-12-20-26/h4-12,15-20,22H,3,13-14,21H2,1-2H3/b23-22+. The molecular weight excluding hydrogens is 554 g/mol. The van der Waals surface area contributed by atoms with Gasteiger partial charge >= 0.3 is 5.97 Å². The zero-order valence-electron chi connectivity index (χ0n) is 19.6. The van der Waals surface area contributed by atoms with Crippen LogP contribution in [0, 0.1) is 0 Å². The van der Waals surface area contributed by atoms with Gasteiger partial charge in [0, 0.05) is 0 Å². The summed E-state index contributed by atoms with van der Waals surface area (Å²) < 4.78 is 6.57. The van der Waals surface area contributed by atoms with Crippen LogP contribution in [0.3, 0.4) is 0 Å². The van der Waals surface area contributed by atoms with E-state index in [1.165, 1.54) is 0 Å². The Hall–Kier alpha value is -2.43. The highest BCUT2D eigenvalue weighted by Gasteiger charge is 2.36. The number of benzene rings is 3. The lowest BCUT2D eigenvalue weighted by Crippen LogP contribution is -2.38. The highest BCUT2D eigenvalue weighted by atomic mass is 127. The van der Waals surface area contributed by atoms with Gasteiger partial charge in [-0.15, -0.1) is 0 Å². The van der Waals surface area contributed by atoms with Gasteiger partial charge in [-0.25, -0.2) is 4.79 Å². The van der Waals surface area contributed by atoms with E-state index in [4.69, 9.17) is 4.74 Å². The molecule has 34 heavy (non-hydrogen) atoms. The number of alkyl halides is 1. The molecule has 0 N–H and O–H groups in total. The van der Waals surface area contributed by atoms with Crippen LogP contribution in [0.25, 0.3) is 0 Å². The molecule has 3 aromatic rings. The molecule has 0 aliphatic carbocycles. The molecule has 176 valence electrons. The van der Waals surface area contributed by atoms with Crippen molar-refractivity contribution < 1.29 is 14.3 Å². The number of ketones is 1. The summed E-state index contributed by atoms with van der Waals surface area (Å²) >= 11 is 2.34. The SMILES string of the molecule is CCOC(=O)C(C(=O)/C=C(\C)CCCI)=P(c1ccccc1)(c1ccccc1)c1ccccc1. The highest BCUT2D eigenvalue weighted by Crippen LogP contribution is 2.46. The van der Waals surface area contributed by atoms with Crippen molar-refractivity contribution in [3.8, 4) is 0 Å². The molecule has 3 rings (SSSR count). The van der Waals surface area contributed by atoms with Crippen molar-refractivity contribution in [3.63, 3.8) is 0 Å². The number of carbonyl (C=O) groups excluding carboxylic acids is 2. The Bertz CT molecular complexity index is 1080. The fraction of sp³-hybridized carbons (Fsp3) is 0.207. The van der Waals surface area contributed by atoms with Crippen molar-refractivity contribution in [2.45, 2.75) is 26.7 Å². The van der Waals surface area contributed by atoms with Gasteiger partial charge in [0.05, 0.1) is 6.61 Å². The number of hydrogen-bond acceptors (Lipinski definition) is 3. The van der Waals surface area contributed by atoms with E-state index in [1.54, 1.807) is 13.0 Å². The fourth-order valence-electron chi connectivity index (χ4n) is 4.10.